The maximum Gasteiger partial charge on any atom is 0.264 e. The highest BCUT2D eigenvalue weighted by molar-refractivity contribution is 7.08. The van der Waals surface area contributed by atoms with E-state index in [4.69, 9.17) is 5.53 Å². The molecular weight excluding hydrogens is 228 g/mol. The molecule has 1 rings (SSSR count). The first-order chi connectivity index (χ1) is 7.79. The Hall–Kier alpha value is -1.66. The fourth-order valence-corrected chi connectivity index (χ4v) is 1.76. The first-order valence-electron chi connectivity index (χ1n) is 4.89. The van der Waals surface area contributed by atoms with Crippen molar-refractivity contribution in [3.63, 3.8) is 0 Å². The van der Waals surface area contributed by atoms with Crippen molar-refractivity contribution in [1.82, 2.24) is 14.9 Å². The summed E-state index contributed by atoms with van der Waals surface area (Å²) in [6.07, 6.45) is 1.32. The molecule has 0 atom stereocenters. The van der Waals surface area contributed by atoms with E-state index in [1.165, 1.54) is 0 Å². The van der Waals surface area contributed by atoms with Gasteiger partial charge >= 0.3 is 0 Å². The normalized spacial score (nSPS) is 9.56. The molecule has 1 aromatic heterocycles. The zero-order valence-corrected chi connectivity index (χ0v) is 9.70. The van der Waals surface area contributed by atoms with E-state index in [0.717, 1.165) is 17.2 Å². The van der Waals surface area contributed by atoms with Gasteiger partial charge in [0.15, 0.2) is 0 Å². The summed E-state index contributed by atoms with van der Waals surface area (Å²) in [7, 11) is 0. The summed E-state index contributed by atoms with van der Waals surface area (Å²) < 4.78 is 3.74. The zero-order chi connectivity index (χ0) is 11.8. The molecule has 0 fully saturated rings. The van der Waals surface area contributed by atoms with Gasteiger partial charge in [-0.15, -0.1) is 5.10 Å². The first-order valence-corrected chi connectivity index (χ1v) is 5.67. The van der Waals surface area contributed by atoms with E-state index in [1.807, 2.05) is 6.92 Å². The molecule has 0 aliphatic carbocycles. The van der Waals surface area contributed by atoms with E-state index in [-0.39, 0.29) is 5.91 Å². The van der Waals surface area contributed by atoms with Crippen LogP contribution in [0.15, 0.2) is 5.11 Å². The molecule has 0 spiro atoms. The molecule has 0 aliphatic heterocycles. The number of nitrogens with one attached hydrogen (secondary N) is 1. The Morgan fingerprint density at radius 1 is 1.69 bits per heavy atom. The van der Waals surface area contributed by atoms with Gasteiger partial charge in [0.1, 0.15) is 4.88 Å². The number of carbonyl (C=O) groups excluding carboxylic acids is 1. The summed E-state index contributed by atoms with van der Waals surface area (Å²) in [5.74, 6) is -0.159. The molecular formula is C8H12N6OS. The SMILES string of the molecule is CCc1nnsc1C(=O)NCCCN=[N+]=[N-]. The highest BCUT2D eigenvalue weighted by Gasteiger charge is 2.13. The third-order valence-electron chi connectivity index (χ3n) is 1.88. The molecule has 0 radical (unpaired) electrons. The third-order valence-corrected chi connectivity index (χ3v) is 2.65. The Bertz CT molecular complexity index is 397. The van der Waals surface area contributed by atoms with Crippen LogP contribution in [0.25, 0.3) is 10.4 Å². The standard InChI is InChI=1S/C8H12N6OS/c1-2-6-7(16-14-12-6)8(15)10-4-3-5-11-13-9/h2-5H2,1H3,(H,10,15). The number of carbonyl (C=O) groups is 1. The molecule has 0 saturated carbocycles. The Labute approximate surface area is 96.7 Å². The van der Waals surface area contributed by atoms with E-state index in [1.54, 1.807) is 0 Å². The van der Waals surface area contributed by atoms with Crippen molar-refractivity contribution in [1.29, 1.82) is 0 Å². The molecule has 0 aromatic carbocycles. The number of nitrogens with zero attached hydrogens (tertiary/aromatic N) is 5. The summed E-state index contributed by atoms with van der Waals surface area (Å²) in [5, 5.41) is 9.95. The average Bonchev–Trinajstić information content (AvgIpc) is 2.76. The summed E-state index contributed by atoms with van der Waals surface area (Å²) in [6.45, 7) is 2.80. The van der Waals surface area contributed by atoms with Crippen LogP contribution in [0.3, 0.4) is 0 Å². The molecule has 86 valence electrons. The van der Waals surface area contributed by atoms with Crippen molar-refractivity contribution < 1.29 is 4.79 Å². The van der Waals surface area contributed by atoms with Gasteiger partial charge in [0, 0.05) is 18.0 Å². The highest BCUT2D eigenvalue weighted by Crippen LogP contribution is 2.10. The van der Waals surface area contributed by atoms with Crippen LogP contribution in [-0.4, -0.2) is 28.6 Å². The minimum atomic E-state index is -0.159. The highest BCUT2D eigenvalue weighted by atomic mass is 32.1. The topological polar surface area (TPSA) is 104 Å². The lowest BCUT2D eigenvalue weighted by Gasteiger charge is -2.01. The Morgan fingerprint density at radius 3 is 3.19 bits per heavy atom. The maximum absolute atomic E-state index is 11.6. The quantitative estimate of drug-likeness (QED) is 0.353. The average molecular weight is 240 g/mol. The van der Waals surface area contributed by atoms with E-state index >= 15 is 0 Å². The zero-order valence-electron chi connectivity index (χ0n) is 8.88. The molecule has 8 heteroatoms. The van der Waals surface area contributed by atoms with Crippen molar-refractivity contribution in [2.24, 2.45) is 5.11 Å². The number of hydrogen-bond acceptors (Lipinski definition) is 5. The number of azide groups is 1. The van der Waals surface area contributed by atoms with Crippen LogP contribution >= 0.6 is 11.5 Å². The van der Waals surface area contributed by atoms with E-state index in [9.17, 15) is 4.79 Å². The number of amides is 1. The van der Waals surface area contributed by atoms with E-state index in [2.05, 4.69) is 24.9 Å². The number of rotatable bonds is 6. The number of hydrogen-bond donors (Lipinski definition) is 1. The fraction of sp³-hybridized carbons (Fsp3) is 0.625. The predicted molar refractivity (Wildman–Crippen MR) is 60.3 cm³/mol. The van der Waals surface area contributed by atoms with Gasteiger partial charge in [-0.25, -0.2) is 0 Å². The summed E-state index contributed by atoms with van der Waals surface area (Å²) in [5.41, 5.74) is 8.77. The molecule has 1 aromatic rings. The van der Waals surface area contributed by atoms with Crippen molar-refractivity contribution in [3.05, 3.63) is 21.0 Å². The van der Waals surface area contributed by atoms with Gasteiger partial charge in [-0.05, 0) is 29.9 Å². The number of aryl methyl sites for hydroxylation is 1. The maximum atomic E-state index is 11.6. The lowest BCUT2D eigenvalue weighted by molar-refractivity contribution is 0.0956. The van der Waals surface area contributed by atoms with Crippen molar-refractivity contribution in [3.8, 4) is 0 Å². The number of aromatic nitrogens is 2. The molecule has 0 unspecified atom stereocenters. The van der Waals surface area contributed by atoms with Gasteiger partial charge < -0.3 is 5.32 Å². The molecule has 1 heterocycles. The summed E-state index contributed by atoms with van der Waals surface area (Å²) >= 11 is 1.10. The summed E-state index contributed by atoms with van der Waals surface area (Å²) in [6, 6.07) is 0. The molecule has 1 N–H and O–H groups in total. The Morgan fingerprint density at radius 2 is 2.50 bits per heavy atom. The van der Waals surface area contributed by atoms with Gasteiger partial charge in [0.2, 0.25) is 0 Å². The molecule has 7 nitrogen and oxygen atoms in total. The lowest BCUT2D eigenvalue weighted by Crippen LogP contribution is -2.24. The van der Waals surface area contributed by atoms with Crippen molar-refractivity contribution in [2.45, 2.75) is 19.8 Å². The molecule has 0 aliphatic rings. The van der Waals surface area contributed by atoms with Gasteiger partial charge in [-0.3, -0.25) is 4.79 Å². The molecule has 0 bridgehead atoms. The fourth-order valence-electron chi connectivity index (χ4n) is 1.09. The van der Waals surface area contributed by atoms with Crippen LogP contribution in [-0.2, 0) is 6.42 Å². The van der Waals surface area contributed by atoms with Crippen LogP contribution in [0.1, 0.15) is 28.7 Å². The molecule has 0 saturated heterocycles. The monoisotopic (exact) mass is 240 g/mol. The Kier molecular flexibility index (Phi) is 5.24. The molecule has 16 heavy (non-hydrogen) atoms. The largest absolute Gasteiger partial charge is 0.351 e. The van der Waals surface area contributed by atoms with E-state index in [0.29, 0.717) is 30.8 Å². The van der Waals surface area contributed by atoms with Gasteiger partial charge in [0.25, 0.3) is 5.91 Å². The van der Waals surface area contributed by atoms with Crippen LogP contribution in [0.5, 0.6) is 0 Å². The minimum Gasteiger partial charge on any atom is -0.351 e. The Balaban J connectivity index is 2.38. The predicted octanol–water partition coefficient (Wildman–Crippen LogP) is 1.53. The van der Waals surface area contributed by atoms with Gasteiger partial charge in [-0.2, -0.15) is 0 Å². The van der Waals surface area contributed by atoms with Crippen molar-refractivity contribution >= 4 is 17.4 Å². The molecule has 1 amide bonds. The van der Waals surface area contributed by atoms with Gasteiger partial charge in [-0.1, -0.05) is 16.5 Å². The van der Waals surface area contributed by atoms with Crippen LogP contribution in [0.4, 0.5) is 0 Å². The van der Waals surface area contributed by atoms with Gasteiger partial charge in [0.05, 0.1) is 5.69 Å². The van der Waals surface area contributed by atoms with Crippen molar-refractivity contribution in [2.75, 3.05) is 13.1 Å². The second-order valence-electron chi connectivity index (χ2n) is 2.97. The second kappa shape index (κ2) is 6.76. The third kappa shape index (κ3) is 3.48. The van der Waals surface area contributed by atoms with Crippen LogP contribution in [0.2, 0.25) is 0 Å². The minimum absolute atomic E-state index is 0.159. The smallest absolute Gasteiger partial charge is 0.264 e. The first kappa shape index (κ1) is 12.4. The second-order valence-corrected chi connectivity index (χ2v) is 3.72. The lowest BCUT2D eigenvalue weighted by atomic mass is 10.3. The van der Waals surface area contributed by atoms with Crippen LogP contribution < -0.4 is 5.32 Å². The van der Waals surface area contributed by atoms with Crippen LogP contribution in [0, 0.1) is 0 Å². The summed E-state index contributed by atoms with van der Waals surface area (Å²) in [4.78, 5) is 14.8. The van der Waals surface area contributed by atoms with E-state index < -0.39 is 0 Å².